The van der Waals surface area contributed by atoms with Gasteiger partial charge >= 0.3 is 0 Å². The van der Waals surface area contributed by atoms with Crippen LogP contribution in [0.25, 0.3) is 0 Å². The maximum absolute atomic E-state index is 13.0. The fourth-order valence-corrected chi connectivity index (χ4v) is 8.46. The van der Waals surface area contributed by atoms with Crippen molar-refractivity contribution in [3.05, 3.63) is 35.5 Å². The molecule has 0 amide bonds. The van der Waals surface area contributed by atoms with Gasteiger partial charge in [-0.15, -0.1) is 0 Å². The van der Waals surface area contributed by atoms with E-state index in [9.17, 15) is 20.1 Å². The molecule has 3 N–H and O–H groups in total. The first-order valence-corrected chi connectivity index (χ1v) is 16.3. The summed E-state index contributed by atoms with van der Waals surface area (Å²) in [6.45, 7) is 7.02. The van der Waals surface area contributed by atoms with Crippen molar-refractivity contribution < 1.29 is 20.1 Å². The standard InChI is InChI=1S/C35H56O4/c1-4-5-6-7-8-9-12-32(38)35(20-21-35)33(39)18-13-25(2)30-16-17-31-27(11-10-19-34(30,31)3)15-14-26-22-28(36)24-29(37)23-26/h13-15,18,25,28-31,33,36-37,39H,4-12,16-17,19-24H2,1-3H3/t25-,28-,29-,30-,31+,33+,34-/m1/s1. The number of hydrogen-bond donors (Lipinski definition) is 3. The summed E-state index contributed by atoms with van der Waals surface area (Å²) in [6.07, 6.45) is 24.5. The average Bonchev–Trinajstić information content (AvgIpc) is 3.63. The zero-order chi connectivity index (χ0) is 28.0. The molecule has 7 atom stereocenters. The maximum Gasteiger partial charge on any atom is 0.141 e. The van der Waals surface area contributed by atoms with Crippen LogP contribution in [0.5, 0.6) is 0 Å². The second-order valence-corrected chi connectivity index (χ2v) is 13.9. The van der Waals surface area contributed by atoms with Gasteiger partial charge in [-0.05, 0) is 93.8 Å². The SMILES string of the molecule is CCCCCCCCC(=O)C1([C@@H](O)C=C[C@@H](C)[C@H]2CC[C@H]3C(=CC=C4C[C@@H](O)C[C@H](O)C4)CCC[C@]23C)CC1. The second kappa shape index (κ2) is 13.6. The van der Waals surface area contributed by atoms with Crippen LogP contribution < -0.4 is 0 Å². The Morgan fingerprint density at radius 1 is 0.974 bits per heavy atom. The minimum absolute atomic E-state index is 0.258. The molecule has 0 aliphatic heterocycles. The Balaban J connectivity index is 1.33. The molecule has 0 saturated heterocycles. The lowest BCUT2D eigenvalue weighted by Gasteiger charge is -2.44. The summed E-state index contributed by atoms with van der Waals surface area (Å²) in [7, 11) is 0. The first-order chi connectivity index (χ1) is 18.7. The molecule has 0 radical (unpaired) electrons. The predicted molar refractivity (Wildman–Crippen MR) is 159 cm³/mol. The summed E-state index contributed by atoms with van der Waals surface area (Å²) in [5, 5.41) is 31.2. The summed E-state index contributed by atoms with van der Waals surface area (Å²) in [5.74, 6) is 1.82. The molecule has 0 aromatic carbocycles. The Morgan fingerprint density at radius 2 is 1.67 bits per heavy atom. The van der Waals surface area contributed by atoms with Gasteiger partial charge in [-0.2, -0.15) is 0 Å². The number of unbranched alkanes of at least 4 members (excludes halogenated alkanes) is 5. The third kappa shape index (κ3) is 7.35. The van der Waals surface area contributed by atoms with Crippen LogP contribution in [-0.4, -0.2) is 39.4 Å². The molecule has 0 aromatic heterocycles. The first kappa shape index (κ1) is 30.7. The van der Waals surface area contributed by atoms with Crippen molar-refractivity contribution in [2.75, 3.05) is 0 Å². The smallest absolute Gasteiger partial charge is 0.141 e. The minimum atomic E-state index is -0.646. The van der Waals surface area contributed by atoms with E-state index in [0.29, 0.717) is 43.4 Å². The van der Waals surface area contributed by atoms with Crippen LogP contribution in [-0.2, 0) is 4.79 Å². The van der Waals surface area contributed by atoms with E-state index in [1.807, 2.05) is 6.08 Å². The van der Waals surface area contributed by atoms with Gasteiger partial charge in [0.2, 0.25) is 0 Å². The van der Waals surface area contributed by atoms with E-state index in [4.69, 9.17) is 0 Å². The number of Topliss-reactive ketones (excluding diaryl/α,β-unsaturated/α-hetero) is 1. The van der Waals surface area contributed by atoms with Gasteiger partial charge in [0.1, 0.15) is 5.78 Å². The molecule has 0 aromatic rings. The highest BCUT2D eigenvalue weighted by Crippen LogP contribution is 2.59. The molecule has 0 bridgehead atoms. The molecule has 4 aliphatic rings. The quantitative estimate of drug-likeness (QED) is 0.166. The molecule has 39 heavy (non-hydrogen) atoms. The van der Waals surface area contributed by atoms with Crippen LogP contribution in [0.1, 0.15) is 130 Å². The van der Waals surface area contributed by atoms with Gasteiger partial charge < -0.3 is 15.3 Å². The lowest BCUT2D eigenvalue weighted by Crippen LogP contribution is -2.35. The van der Waals surface area contributed by atoms with Gasteiger partial charge in [0.25, 0.3) is 0 Å². The van der Waals surface area contributed by atoms with Crippen molar-refractivity contribution in [1.29, 1.82) is 0 Å². The third-order valence-corrected chi connectivity index (χ3v) is 11.0. The number of hydrogen-bond acceptors (Lipinski definition) is 4. The van der Waals surface area contributed by atoms with Crippen molar-refractivity contribution >= 4 is 5.78 Å². The minimum Gasteiger partial charge on any atom is -0.393 e. The van der Waals surface area contributed by atoms with Gasteiger partial charge in [0.15, 0.2) is 0 Å². The van der Waals surface area contributed by atoms with Gasteiger partial charge in [-0.3, -0.25) is 4.79 Å². The molecule has 4 rings (SSSR count). The third-order valence-electron chi connectivity index (χ3n) is 11.0. The Morgan fingerprint density at radius 3 is 2.36 bits per heavy atom. The van der Waals surface area contributed by atoms with Crippen molar-refractivity contribution in [3.63, 3.8) is 0 Å². The Hall–Kier alpha value is -1.23. The molecule has 0 spiro atoms. The van der Waals surface area contributed by atoms with Crippen LogP contribution in [0, 0.1) is 28.6 Å². The van der Waals surface area contributed by atoms with E-state index in [-0.39, 0.29) is 11.2 Å². The molecule has 4 fully saturated rings. The summed E-state index contributed by atoms with van der Waals surface area (Å²) in [6, 6.07) is 0. The van der Waals surface area contributed by atoms with E-state index < -0.39 is 23.7 Å². The predicted octanol–water partition coefficient (Wildman–Crippen LogP) is 7.61. The molecule has 4 saturated carbocycles. The zero-order valence-corrected chi connectivity index (χ0v) is 25.0. The van der Waals surface area contributed by atoms with Crippen molar-refractivity contribution in [2.24, 2.45) is 28.6 Å². The molecule has 4 nitrogen and oxygen atoms in total. The van der Waals surface area contributed by atoms with E-state index in [2.05, 4.69) is 39.0 Å². The average molecular weight is 541 g/mol. The van der Waals surface area contributed by atoms with Gasteiger partial charge in [0, 0.05) is 6.42 Å². The van der Waals surface area contributed by atoms with Crippen molar-refractivity contribution in [1.82, 2.24) is 0 Å². The fraction of sp³-hybridized carbons (Fsp3) is 0.800. The number of fused-ring (bicyclic) bond motifs is 1. The lowest BCUT2D eigenvalue weighted by atomic mass is 9.61. The number of aliphatic hydroxyl groups excluding tert-OH is 3. The van der Waals surface area contributed by atoms with Crippen LogP contribution >= 0.6 is 0 Å². The molecule has 220 valence electrons. The van der Waals surface area contributed by atoms with E-state index in [1.165, 1.54) is 56.9 Å². The number of carbonyl (C=O) groups excluding carboxylic acids is 1. The van der Waals surface area contributed by atoms with E-state index >= 15 is 0 Å². The van der Waals surface area contributed by atoms with Gasteiger partial charge in [0.05, 0.1) is 23.7 Å². The summed E-state index contributed by atoms with van der Waals surface area (Å²) in [4.78, 5) is 13.0. The molecular formula is C35H56O4. The number of rotatable bonds is 13. The van der Waals surface area contributed by atoms with E-state index in [1.54, 1.807) is 5.57 Å². The highest BCUT2D eigenvalue weighted by Gasteiger charge is 2.54. The number of aliphatic hydroxyl groups is 3. The Kier molecular flexibility index (Phi) is 10.7. The van der Waals surface area contributed by atoms with Crippen molar-refractivity contribution in [3.8, 4) is 0 Å². The van der Waals surface area contributed by atoms with Gasteiger partial charge in [-0.1, -0.05) is 88.3 Å². The van der Waals surface area contributed by atoms with Crippen LogP contribution in [0.2, 0.25) is 0 Å². The number of carbonyl (C=O) groups is 1. The number of allylic oxidation sites excluding steroid dienone is 4. The Bertz CT molecular complexity index is 900. The fourth-order valence-electron chi connectivity index (χ4n) is 8.46. The van der Waals surface area contributed by atoms with E-state index in [0.717, 1.165) is 32.1 Å². The summed E-state index contributed by atoms with van der Waals surface area (Å²) >= 11 is 0. The molecule has 4 aliphatic carbocycles. The highest BCUT2D eigenvalue weighted by molar-refractivity contribution is 5.88. The second-order valence-electron chi connectivity index (χ2n) is 13.9. The lowest BCUT2D eigenvalue weighted by molar-refractivity contribution is -0.127. The normalized spacial score (nSPS) is 34.7. The zero-order valence-electron chi connectivity index (χ0n) is 25.0. The monoisotopic (exact) mass is 540 g/mol. The molecule has 0 unspecified atom stereocenters. The topological polar surface area (TPSA) is 77.8 Å². The summed E-state index contributed by atoms with van der Waals surface area (Å²) < 4.78 is 0. The molecule has 0 heterocycles. The maximum atomic E-state index is 13.0. The Labute approximate surface area is 238 Å². The largest absolute Gasteiger partial charge is 0.393 e. The molecule has 4 heteroatoms. The van der Waals surface area contributed by atoms with Crippen molar-refractivity contribution in [2.45, 2.75) is 148 Å². The van der Waals surface area contributed by atoms with Crippen LogP contribution in [0.3, 0.4) is 0 Å². The van der Waals surface area contributed by atoms with Crippen LogP contribution in [0.4, 0.5) is 0 Å². The first-order valence-electron chi connectivity index (χ1n) is 16.3. The molecular weight excluding hydrogens is 484 g/mol. The van der Waals surface area contributed by atoms with Crippen LogP contribution in [0.15, 0.2) is 35.5 Å². The number of ketones is 1. The summed E-state index contributed by atoms with van der Waals surface area (Å²) in [5.41, 5.74) is 2.46. The highest BCUT2D eigenvalue weighted by atomic mass is 16.3. The van der Waals surface area contributed by atoms with Gasteiger partial charge in [-0.25, -0.2) is 0 Å².